The number of hydrogen-bond acceptors (Lipinski definition) is 2. The molecule has 0 aliphatic heterocycles. The molecule has 0 saturated carbocycles. The largest absolute Gasteiger partial charge is 0.293 e. The summed E-state index contributed by atoms with van der Waals surface area (Å²) in [7, 11) is 0. The summed E-state index contributed by atoms with van der Waals surface area (Å²) in [5, 5.41) is 0. The average Bonchev–Trinajstić information content (AvgIpc) is 2.93. The van der Waals surface area contributed by atoms with Gasteiger partial charge in [0.1, 0.15) is 0 Å². The highest BCUT2D eigenvalue weighted by Crippen LogP contribution is 2.20. The van der Waals surface area contributed by atoms with Crippen LogP contribution in [0.5, 0.6) is 0 Å². The van der Waals surface area contributed by atoms with Crippen molar-refractivity contribution in [3.8, 4) is 0 Å². The monoisotopic (exact) mass is 273 g/mol. The summed E-state index contributed by atoms with van der Waals surface area (Å²) in [5.41, 5.74) is 6.51. The fourth-order valence-electron chi connectivity index (χ4n) is 2.82. The number of hydrogen-bond donors (Lipinski definition) is 0. The van der Waals surface area contributed by atoms with Gasteiger partial charge in [0.15, 0.2) is 5.65 Å². The molecule has 2 aromatic heterocycles. The molecule has 0 N–H and O–H groups in total. The summed E-state index contributed by atoms with van der Waals surface area (Å²) in [6.07, 6.45) is 2.83. The molecule has 0 saturated heterocycles. The Balaban J connectivity index is 1.98. The fourth-order valence-corrected chi connectivity index (χ4v) is 2.82. The molecule has 21 heavy (non-hydrogen) atoms. The van der Waals surface area contributed by atoms with E-state index in [-0.39, 0.29) is 0 Å². The quantitative estimate of drug-likeness (QED) is 0.556. The van der Waals surface area contributed by atoms with Crippen LogP contribution in [0, 0.1) is 6.92 Å². The zero-order valence-corrected chi connectivity index (χ0v) is 11.8. The molecule has 0 atom stereocenters. The molecule has 2 heterocycles. The predicted molar refractivity (Wildman–Crippen MR) is 84.5 cm³/mol. The van der Waals surface area contributed by atoms with E-state index in [4.69, 9.17) is 0 Å². The van der Waals surface area contributed by atoms with E-state index in [9.17, 15) is 0 Å². The normalized spacial score (nSPS) is 11.3. The van der Waals surface area contributed by atoms with E-state index < -0.39 is 0 Å². The summed E-state index contributed by atoms with van der Waals surface area (Å²) in [4.78, 5) is 9.21. The number of rotatable bonds is 2. The lowest BCUT2D eigenvalue weighted by molar-refractivity contribution is 1.04. The maximum atomic E-state index is 4.64. The summed E-state index contributed by atoms with van der Waals surface area (Å²) >= 11 is 0. The maximum Gasteiger partial charge on any atom is 0.159 e. The number of para-hydroxylation sites is 2. The topological polar surface area (TPSA) is 30.2 Å². The van der Waals surface area contributed by atoms with E-state index in [1.165, 1.54) is 11.3 Å². The van der Waals surface area contributed by atoms with Crippen LogP contribution < -0.4 is 0 Å². The number of imidazole rings is 1. The highest BCUT2D eigenvalue weighted by molar-refractivity contribution is 5.78. The van der Waals surface area contributed by atoms with Gasteiger partial charge in [-0.05, 0) is 24.6 Å². The van der Waals surface area contributed by atoms with E-state index in [1.54, 1.807) is 0 Å². The third kappa shape index (κ3) is 1.98. The Kier molecular flexibility index (Phi) is 2.71. The molecule has 4 rings (SSSR count). The molecule has 0 aliphatic rings. The van der Waals surface area contributed by atoms with E-state index >= 15 is 0 Å². The molecule has 0 amide bonds. The number of fused-ring (bicyclic) bond motifs is 3. The second-order valence-corrected chi connectivity index (χ2v) is 5.26. The molecule has 0 radical (unpaired) electrons. The molecular weight excluding hydrogens is 258 g/mol. The van der Waals surface area contributed by atoms with Crippen LogP contribution in [0.25, 0.3) is 16.7 Å². The van der Waals surface area contributed by atoms with Gasteiger partial charge in [0.2, 0.25) is 0 Å². The molecule has 2 aromatic carbocycles. The first kappa shape index (κ1) is 12.1. The molecule has 4 aromatic rings. The zero-order chi connectivity index (χ0) is 14.2. The van der Waals surface area contributed by atoms with Gasteiger partial charge < -0.3 is 0 Å². The van der Waals surface area contributed by atoms with Crippen LogP contribution in [-0.4, -0.2) is 14.4 Å². The van der Waals surface area contributed by atoms with Crippen molar-refractivity contribution in [2.45, 2.75) is 13.3 Å². The minimum Gasteiger partial charge on any atom is -0.293 e. The first-order valence-corrected chi connectivity index (χ1v) is 7.08. The Bertz CT molecular complexity index is 923. The molecule has 0 bridgehead atoms. The minimum absolute atomic E-state index is 0.870. The lowest BCUT2D eigenvalue weighted by Gasteiger charge is -2.08. The lowest BCUT2D eigenvalue weighted by atomic mass is 10.1. The SMILES string of the molecule is Cc1nc2ccccc2n2c(Cc3ccccc3)cnc12. The Morgan fingerprint density at radius 3 is 2.57 bits per heavy atom. The van der Waals surface area contributed by atoms with Gasteiger partial charge in [-0.1, -0.05) is 42.5 Å². The number of aryl methyl sites for hydroxylation is 1. The summed E-state index contributed by atoms with van der Waals surface area (Å²) in [5.74, 6) is 0. The third-order valence-electron chi connectivity index (χ3n) is 3.80. The Hall–Kier alpha value is -2.68. The average molecular weight is 273 g/mol. The maximum absolute atomic E-state index is 4.64. The van der Waals surface area contributed by atoms with Crippen molar-refractivity contribution >= 4 is 16.7 Å². The molecule has 102 valence electrons. The Labute approximate surface area is 122 Å². The van der Waals surface area contributed by atoms with Crippen LogP contribution in [-0.2, 0) is 6.42 Å². The van der Waals surface area contributed by atoms with Crippen LogP contribution in [0.1, 0.15) is 17.0 Å². The number of aromatic nitrogens is 3. The van der Waals surface area contributed by atoms with Crippen LogP contribution in [0.15, 0.2) is 60.8 Å². The summed E-state index contributed by atoms with van der Waals surface area (Å²) in [6.45, 7) is 2.01. The van der Waals surface area contributed by atoms with Gasteiger partial charge in [0.25, 0.3) is 0 Å². The second-order valence-electron chi connectivity index (χ2n) is 5.26. The highest BCUT2D eigenvalue weighted by atomic mass is 15.0. The summed E-state index contributed by atoms with van der Waals surface area (Å²) in [6, 6.07) is 18.7. The van der Waals surface area contributed by atoms with Gasteiger partial charge >= 0.3 is 0 Å². The van der Waals surface area contributed by atoms with Crippen molar-refractivity contribution < 1.29 is 0 Å². The molecule has 3 nitrogen and oxygen atoms in total. The molecule has 0 aliphatic carbocycles. The van der Waals surface area contributed by atoms with Gasteiger partial charge in [-0.2, -0.15) is 0 Å². The second kappa shape index (κ2) is 4.70. The Morgan fingerprint density at radius 2 is 1.71 bits per heavy atom. The first-order valence-electron chi connectivity index (χ1n) is 7.08. The highest BCUT2D eigenvalue weighted by Gasteiger charge is 2.11. The van der Waals surface area contributed by atoms with E-state index in [0.717, 1.165) is 28.8 Å². The smallest absolute Gasteiger partial charge is 0.159 e. The van der Waals surface area contributed by atoms with Gasteiger partial charge in [0, 0.05) is 18.3 Å². The molecule has 0 spiro atoms. The summed E-state index contributed by atoms with van der Waals surface area (Å²) < 4.78 is 2.23. The van der Waals surface area contributed by atoms with Gasteiger partial charge in [-0.15, -0.1) is 0 Å². The molecular formula is C18H15N3. The van der Waals surface area contributed by atoms with Crippen molar-refractivity contribution in [3.63, 3.8) is 0 Å². The number of nitrogens with zero attached hydrogens (tertiary/aromatic N) is 3. The third-order valence-corrected chi connectivity index (χ3v) is 3.80. The van der Waals surface area contributed by atoms with E-state index in [2.05, 4.69) is 44.7 Å². The van der Waals surface area contributed by atoms with Crippen LogP contribution >= 0.6 is 0 Å². The van der Waals surface area contributed by atoms with E-state index in [0.29, 0.717) is 0 Å². The standard InChI is InChI=1S/C18H15N3/c1-13-18-19-12-15(11-14-7-3-2-4-8-14)21(18)17-10-6-5-9-16(17)20-13/h2-10,12H,11H2,1H3. The van der Waals surface area contributed by atoms with Crippen LogP contribution in [0.4, 0.5) is 0 Å². The van der Waals surface area contributed by atoms with E-state index in [1.807, 2.05) is 37.4 Å². The van der Waals surface area contributed by atoms with Crippen molar-refractivity contribution in [3.05, 3.63) is 77.7 Å². The van der Waals surface area contributed by atoms with Gasteiger partial charge in [-0.25, -0.2) is 9.97 Å². The van der Waals surface area contributed by atoms with Gasteiger partial charge in [0.05, 0.1) is 16.7 Å². The van der Waals surface area contributed by atoms with Crippen molar-refractivity contribution in [1.82, 2.24) is 14.4 Å². The lowest BCUT2D eigenvalue weighted by Crippen LogP contribution is -1.99. The molecule has 0 fully saturated rings. The fraction of sp³-hybridized carbons (Fsp3) is 0.111. The van der Waals surface area contributed by atoms with Crippen molar-refractivity contribution in [1.29, 1.82) is 0 Å². The van der Waals surface area contributed by atoms with Gasteiger partial charge in [-0.3, -0.25) is 4.40 Å². The molecule has 3 heteroatoms. The minimum atomic E-state index is 0.870. The van der Waals surface area contributed by atoms with Crippen molar-refractivity contribution in [2.24, 2.45) is 0 Å². The van der Waals surface area contributed by atoms with Crippen LogP contribution in [0.2, 0.25) is 0 Å². The number of benzene rings is 2. The van der Waals surface area contributed by atoms with Crippen LogP contribution in [0.3, 0.4) is 0 Å². The molecule has 0 unspecified atom stereocenters. The Morgan fingerprint density at radius 1 is 0.952 bits per heavy atom. The first-order chi connectivity index (χ1) is 10.3. The zero-order valence-electron chi connectivity index (χ0n) is 11.8. The predicted octanol–water partition coefficient (Wildman–Crippen LogP) is 3.78. The van der Waals surface area contributed by atoms with Crippen molar-refractivity contribution in [2.75, 3.05) is 0 Å².